The highest BCUT2D eigenvalue weighted by atomic mass is 35.5. The average molecular weight is 304 g/mol. The molecule has 2 aromatic carbocycles. The summed E-state index contributed by atoms with van der Waals surface area (Å²) in [5, 5.41) is 0.418. The molecular formula is C16H15ClFN3. The van der Waals surface area contributed by atoms with Crippen molar-refractivity contribution in [3.05, 3.63) is 65.2 Å². The normalized spacial score (nSPS) is 12.7. The van der Waals surface area contributed by atoms with Gasteiger partial charge in [-0.15, -0.1) is 0 Å². The Morgan fingerprint density at radius 2 is 2.00 bits per heavy atom. The van der Waals surface area contributed by atoms with Crippen molar-refractivity contribution in [2.24, 2.45) is 5.73 Å². The fourth-order valence-corrected chi connectivity index (χ4v) is 2.70. The second-order valence-corrected chi connectivity index (χ2v) is 5.46. The van der Waals surface area contributed by atoms with Gasteiger partial charge in [0.05, 0.1) is 17.4 Å². The third-order valence-corrected chi connectivity index (χ3v) is 3.84. The number of fused-ring (bicyclic) bond motifs is 1. The SMILES string of the molecule is NC(Cc1c(F)cccc1Cl)Cn1cnc2ccccc21. The van der Waals surface area contributed by atoms with Gasteiger partial charge in [-0.3, -0.25) is 0 Å². The van der Waals surface area contributed by atoms with Gasteiger partial charge in [-0.25, -0.2) is 9.37 Å². The van der Waals surface area contributed by atoms with Crippen LogP contribution in [0.3, 0.4) is 0 Å². The van der Waals surface area contributed by atoms with Gasteiger partial charge < -0.3 is 10.3 Å². The Kier molecular flexibility index (Phi) is 3.90. The lowest BCUT2D eigenvalue weighted by Crippen LogP contribution is -2.28. The summed E-state index contributed by atoms with van der Waals surface area (Å²) in [6, 6.07) is 12.3. The Morgan fingerprint density at radius 3 is 2.81 bits per heavy atom. The monoisotopic (exact) mass is 303 g/mol. The number of para-hydroxylation sites is 2. The third kappa shape index (κ3) is 2.91. The standard InChI is InChI=1S/C16H15ClFN3/c17-13-4-3-5-14(18)12(13)8-11(19)9-21-10-20-15-6-1-2-7-16(15)21/h1-7,10-11H,8-9,19H2. The second-order valence-electron chi connectivity index (χ2n) is 5.05. The first-order valence-corrected chi connectivity index (χ1v) is 7.11. The zero-order valence-corrected chi connectivity index (χ0v) is 12.1. The van der Waals surface area contributed by atoms with Crippen LogP contribution in [0.4, 0.5) is 4.39 Å². The van der Waals surface area contributed by atoms with Crippen LogP contribution < -0.4 is 5.73 Å². The molecule has 1 unspecified atom stereocenters. The van der Waals surface area contributed by atoms with E-state index < -0.39 is 0 Å². The number of halogens is 2. The minimum absolute atomic E-state index is 0.239. The maximum Gasteiger partial charge on any atom is 0.127 e. The van der Waals surface area contributed by atoms with Crippen molar-refractivity contribution in [3.63, 3.8) is 0 Å². The molecule has 0 saturated carbocycles. The fraction of sp³-hybridized carbons (Fsp3) is 0.188. The van der Waals surface area contributed by atoms with Crippen molar-refractivity contribution >= 4 is 22.6 Å². The Balaban J connectivity index is 1.79. The van der Waals surface area contributed by atoms with Gasteiger partial charge in [0.25, 0.3) is 0 Å². The maximum atomic E-state index is 13.8. The summed E-state index contributed by atoms with van der Waals surface area (Å²) < 4.78 is 15.8. The molecule has 0 aliphatic rings. The molecule has 0 saturated heterocycles. The lowest BCUT2D eigenvalue weighted by molar-refractivity contribution is 0.537. The molecule has 3 nitrogen and oxygen atoms in total. The minimum atomic E-state index is -0.312. The van der Waals surface area contributed by atoms with Crippen LogP contribution in [0.5, 0.6) is 0 Å². The molecule has 1 atom stereocenters. The largest absolute Gasteiger partial charge is 0.329 e. The van der Waals surface area contributed by atoms with Crippen LogP contribution in [-0.2, 0) is 13.0 Å². The summed E-state index contributed by atoms with van der Waals surface area (Å²) in [5.74, 6) is -0.312. The fourth-order valence-electron chi connectivity index (χ4n) is 2.46. The highest BCUT2D eigenvalue weighted by Crippen LogP contribution is 2.21. The van der Waals surface area contributed by atoms with Crippen molar-refractivity contribution in [2.45, 2.75) is 19.0 Å². The summed E-state index contributed by atoms with van der Waals surface area (Å²) in [7, 11) is 0. The van der Waals surface area contributed by atoms with Crippen LogP contribution in [0.1, 0.15) is 5.56 Å². The lowest BCUT2D eigenvalue weighted by atomic mass is 10.1. The number of nitrogens with zero attached hydrogens (tertiary/aromatic N) is 2. The Morgan fingerprint density at radius 1 is 1.19 bits per heavy atom. The smallest absolute Gasteiger partial charge is 0.127 e. The van der Waals surface area contributed by atoms with Crippen LogP contribution in [-0.4, -0.2) is 15.6 Å². The van der Waals surface area contributed by atoms with Crippen molar-refractivity contribution in [1.82, 2.24) is 9.55 Å². The molecule has 5 heteroatoms. The van der Waals surface area contributed by atoms with E-state index >= 15 is 0 Å². The number of hydrogen-bond donors (Lipinski definition) is 1. The molecule has 3 aromatic rings. The van der Waals surface area contributed by atoms with E-state index in [1.54, 1.807) is 18.5 Å². The van der Waals surface area contributed by atoms with Crippen molar-refractivity contribution in [1.29, 1.82) is 0 Å². The van der Waals surface area contributed by atoms with Crippen molar-refractivity contribution in [3.8, 4) is 0 Å². The first kappa shape index (κ1) is 14.0. The molecule has 0 fully saturated rings. The van der Waals surface area contributed by atoms with Crippen molar-refractivity contribution < 1.29 is 4.39 Å². The number of hydrogen-bond acceptors (Lipinski definition) is 2. The molecule has 0 aliphatic carbocycles. The second kappa shape index (κ2) is 5.84. The first-order chi connectivity index (χ1) is 10.1. The van der Waals surface area contributed by atoms with Crippen LogP contribution in [0.15, 0.2) is 48.8 Å². The molecular weight excluding hydrogens is 289 g/mol. The van der Waals surface area contributed by atoms with Gasteiger partial charge >= 0.3 is 0 Å². The van der Waals surface area contributed by atoms with Crippen LogP contribution >= 0.6 is 11.6 Å². The molecule has 0 radical (unpaired) electrons. The summed E-state index contributed by atoms with van der Waals surface area (Å²) in [5.41, 5.74) is 8.57. The summed E-state index contributed by atoms with van der Waals surface area (Å²) in [4.78, 5) is 4.32. The average Bonchev–Trinajstić information content (AvgIpc) is 2.87. The van der Waals surface area contributed by atoms with Crippen LogP contribution in [0.2, 0.25) is 5.02 Å². The molecule has 0 aliphatic heterocycles. The van der Waals surface area contributed by atoms with Gasteiger partial charge in [0.15, 0.2) is 0 Å². The van der Waals surface area contributed by atoms with Gasteiger partial charge in [0, 0.05) is 23.2 Å². The van der Waals surface area contributed by atoms with E-state index in [1.807, 2.05) is 28.8 Å². The van der Waals surface area contributed by atoms with Gasteiger partial charge in [-0.1, -0.05) is 29.8 Å². The zero-order chi connectivity index (χ0) is 14.8. The van der Waals surface area contributed by atoms with E-state index in [2.05, 4.69) is 4.98 Å². The number of benzene rings is 2. The Hall–Kier alpha value is -1.91. The molecule has 21 heavy (non-hydrogen) atoms. The minimum Gasteiger partial charge on any atom is -0.329 e. The van der Waals surface area contributed by atoms with E-state index in [0.29, 0.717) is 23.6 Å². The van der Waals surface area contributed by atoms with Gasteiger partial charge in [0.1, 0.15) is 5.82 Å². The number of imidazole rings is 1. The molecule has 1 aromatic heterocycles. The van der Waals surface area contributed by atoms with E-state index in [0.717, 1.165) is 11.0 Å². The molecule has 0 amide bonds. The summed E-state index contributed by atoms with van der Waals surface area (Å²) in [6.45, 7) is 0.561. The first-order valence-electron chi connectivity index (χ1n) is 6.73. The molecule has 108 valence electrons. The third-order valence-electron chi connectivity index (χ3n) is 3.49. The lowest BCUT2D eigenvalue weighted by Gasteiger charge is -2.14. The van der Waals surface area contributed by atoms with Crippen LogP contribution in [0.25, 0.3) is 11.0 Å². The topological polar surface area (TPSA) is 43.8 Å². The molecule has 3 rings (SSSR count). The summed E-state index contributed by atoms with van der Waals surface area (Å²) >= 11 is 6.04. The number of rotatable bonds is 4. The van der Waals surface area contributed by atoms with Gasteiger partial charge in [0.2, 0.25) is 0 Å². The predicted molar refractivity (Wildman–Crippen MR) is 82.8 cm³/mol. The van der Waals surface area contributed by atoms with E-state index in [-0.39, 0.29) is 11.9 Å². The predicted octanol–water partition coefficient (Wildman–Crippen LogP) is 3.40. The quantitative estimate of drug-likeness (QED) is 0.803. The van der Waals surface area contributed by atoms with Gasteiger partial charge in [-0.05, 0) is 30.7 Å². The molecule has 0 spiro atoms. The molecule has 1 heterocycles. The Labute approximate surface area is 127 Å². The number of aromatic nitrogens is 2. The summed E-state index contributed by atoms with van der Waals surface area (Å²) in [6.07, 6.45) is 2.14. The van der Waals surface area contributed by atoms with Crippen LogP contribution in [0, 0.1) is 5.82 Å². The number of nitrogens with two attached hydrogens (primary N) is 1. The van der Waals surface area contributed by atoms with E-state index in [1.165, 1.54) is 6.07 Å². The Bertz CT molecular complexity index is 749. The van der Waals surface area contributed by atoms with E-state index in [9.17, 15) is 4.39 Å². The molecule has 0 bridgehead atoms. The highest BCUT2D eigenvalue weighted by Gasteiger charge is 2.13. The van der Waals surface area contributed by atoms with E-state index in [4.69, 9.17) is 17.3 Å². The molecule has 2 N–H and O–H groups in total. The highest BCUT2D eigenvalue weighted by molar-refractivity contribution is 6.31. The zero-order valence-electron chi connectivity index (χ0n) is 11.3. The maximum absolute atomic E-state index is 13.8. The van der Waals surface area contributed by atoms with Crippen molar-refractivity contribution in [2.75, 3.05) is 0 Å². The van der Waals surface area contributed by atoms with Gasteiger partial charge in [-0.2, -0.15) is 0 Å².